The number of guanidine groups is 1. The second-order valence-electron chi connectivity index (χ2n) is 13.4. The van der Waals surface area contributed by atoms with Crippen molar-refractivity contribution in [2.45, 2.75) is 65.5 Å². The SMILES string of the molecule is CCCCOc1ccc2c(c1)C(c1ccc(NC(=NC)NN3CCN(C4CC5CC(C4C)C5(C)C)CC3)cc1)NC=C2. The molecular weight excluding hydrogens is 520 g/mol. The Labute approximate surface area is 252 Å². The number of nitrogens with zero attached hydrogens (tertiary/aromatic N) is 3. The third kappa shape index (κ3) is 5.78. The number of aliphatic imine (C=N–C) groups is 1. The highest BCUT2D eigenvalue weighted by atomic mass is 16.5. The first-order chi connectivity index (χ1) is 20.4. The van der Waals surface area contributed by atoms with Crippen molar-refractivity contribution in [3.63, 3.8) is 0 Å². The van der Waals surface area contributed by atoms with Gasteiger partial charge in [-0.2, -0.15) is 0 Å². The van der Waals surface area contributed by atoms with Crippen molar-refractivity contribution in [3.05, 3.63) is 65.4 Å². The Bertz CT molecular complexity index is 1280. The second kappa shape index (κ2) is 12.3. The van der Waals surface area contributed by atoms with E-state index in [0.717, 1.165) is 86.8 Å². The molecule has 4 fully saturated rings. The van der Waals surface area contributed by atoms with Gasteiger partial charge in [-0.25, -0.2) is 5.01 Å². The van der Waals surface area contributed by atoms with Crippen LogP contribution in [0.2, 0.25) is 0 Å². The summed E-state index contributed by atoms with van der Waals surface area (Å²) in [4.78, 5) is 7.28. The number of benzene rings is 2. The molecular formula is C35H50N6O. The molecule has 2 heterocycles. The van der Waals surface area contributed by atoms with Gasteiger partial charge in [0.05, 0.1) is 12.6 Å². The first kappa shape index (κ1) is 29.1. The van der Waals surface area contributed by atoms with Crippen LogP contribution in [0.3, 0.4) is 0 Å². The van der Waals surface area contributed by atoms with Gasteiger partial charge in [0.25, 0.3) is 0 Å². The molecule has 7 nitrogen and oxygen atoms in total. The molecule has 1 saturated heterocycles. The van der Waals surface area contributed by atoms with Gasteiger partial charge in [0.15, 0.2) is 0 Å². The van der Waals surface area contributed by atoms with E-state index in [1.54, 1.807) is 0 Å². The zero-order valence-corrected chi connectivity index (χ0v) is 26.2. The van der Waals surface area contributed by atoms with E-state index in [9.17, 15) is 0 Å². The van der Waals surface area contributed by atoms with Gasteiger partial charge in [-0.1, -0.05) is 52.3 Å². The summed E-state index contributed by atoms with van der Waals surface area (Å²) < 4.78 is 6.00. The average molecular weight is 571 g/mol. The Hall–Kier alpha value is -3.03. The molecule has 2 aromatic carbocycles. The summed E-state index contributed by atoms with van der Waals surface area (Å²) in [5.74, 6) is 4.33. The number of anilines is 1. The van der Waals surface area contributed by atoms with Crippen molar-refractivity contribution in [2.75, 3.05) is 45.2 Å². The predicted molar refractivity (Wildman–Crippen MR) is 174 cm³/mol. The van der Waals surface area contributed by atoms with E-state index < -0.39 is 0 Å². The Morgan fingerprint density at radius 3 is 2.55 bits per heavy atom. The van der Waals surface area contributed by atoms with E-state index in [0.29, 0.717) is 5.41 Å². The molecule has 3 saturated carbocycles. The van der Waals surface area contributed by atoms with Crippen molar-refractivity contribution < 1.29 is 4.74 Å². The Balaban J connectivity index is 1.02. The highest BCUT2D eigenvalue weighted by molar-refractivity contribution is 5.93. The molecule has 0 aromatic heterocycles. The molecule has 226 valence electrons. The largest absolute Gasteiger partial charge is 0.494 e. The highest BCUT2D eigenvalue weighted by Gasteiger charge is 2.57. The number of piperazine rings is 1. The molecule has 2 aromatic rings. The van der Waals surface area contributed by atoms with Gasteiger partial charge in [0, 0.05) is 45.0 Å². The number of hydrogen-bond donors (Lipinski definition) is 3. The van der Waals surface area contributed by atoms with Crippen molar-refractivity contribution in [1.29, 1.82) is 0 Å². The zero-order valence-electron chi connectivity index (χ0n) is 26.2. The lowest BCUT2D eigenvalue weighted by molar-refractivity contribution is -0.143. The number of unbranched alkanes of at least 4 members (excludes halogenated alkanes) is 1. The predicted octanol–water partition coefficient (Wildman–Crippen LogP) is 6.12. The van der Waals surface area contributed by atoms with Crippen molar-refractivity contribution >= 4 is 17.7 Å². The Morgan fingerprint density at radius 1 is 1.07 bits per heavy atom. The lowest BCUT2D eigenvalue weighted by Gasteiger charge is -2.64. The van der Waals surface area contributed by atoms with Crippen LogP contribution in [0.25, 0.3) is 6.08 Å². The maximum absolute atomic E-state index is 6.00. The second-order valence-corrected chi connectivity index (χ2v) is 13.4. The number of ether oxygens (including phenoxy) is 1. The third-order valence-electron chi connectivity index (χ3n) is 10.8. The fraction of sp³-hybridized carbons (Fsp3) is 0.571. The number of hydrogen-bond acceptors (Lipinski definition) is 5. The quantitative estimate of drug-likeness (QED) is 0.202. The number of hydrazine groups is 1. The molecule has 0 radical (unpaired) electrons. The summed E-state index contributed by atoms with van der Waals surface area (Å²) in [6.07, 6.45) is 9.20. The molecule has 5 atom stereocenters. The summed E-state index contributed by atoms with van der Waals surface area (Å²) in [7, 11) is 1.84. The van der Waals surface area contributed by atoms with Crippen LogP contribution in [0, 0.1) is 23.2 Å². The number of fused-ring (bicyclic) bond motifs is 3. The number of nitrogens with one attached hydrogen (secondary N) is 3. The normalized spacial score (nSPS) is 28.8. The molecule has 5 aliphatic rings. The lowest BCUT2D eigenvalue weighted by atomic mass is 9.44. The van der Waals surface area contributed by atoms with Gasteiger partial charge in [0.1, 0.15) is 5.75 Å². The van der Waals surface area contributed by atoms with E-state index >= 15 is 0 Å². The minimum Gasteiger partial charge on any atom is -0.494 e. The summed E-state index contributed by atoms with van der Waals surface area (Å²) in [5, 5.41) is 9.35. The molecule has 0 spiro atoms. The van der Waals surface area contributed by atoms with Crippen LogP contribution in [0.4, 0.5) is 5.69 Å². The minimum atomic E-state index is 0.0892. The first-order valence-corrected chi connectivity index (χ1v) is 16.2. The van der Waals surface area contributed by atoms with E-state index in [4.69, 9.17) is 4.74 Å². The maximum atomic E-state index is 6.00. The standard InChI is InChI=1S/C35H50N6O/c1-6-7-20-42-29-13-10-25-14-15-37-33(30(25)23-29)26-8-11-28(12-9-26)38-34(36-5)39-41-18-16-40(17-19-41)32-22-27-21-31(24(32)2)35(27,3)4/h8-15,23-24,27,31-33,37H,6-7,16-22H2,1-5H3,(H2,36,38,39). The summed E-state index contributed by atoms with van der Waals surface area (Å²) in [5.41, 5.74) is 8.81. The minimum absolute atomic E-state index is 0.0892. The fourth-order valence-corrected chi connectivity index (χ4v) is 7.93. The van der Waals surface area contributed by atoms with E-state index in [1.807, 2.05) is 13.2 Å². The van der Waals surface area contributed by atoms with Crippen molar-refractivity contribution in [1.82, 2.24) is 20.7 Å². The Kier molecular flexibility index (Phi) is 8.51. The molecule has 0 amide bonds. The number of rotatable bonds is 8. The van der Waals surface area contributed by atoms with Crippen LogP contribution < -0.4 is 20.8 Å². The van der Waals surface area contributed by atoms with Gasteiger partial charge in [-0.05, 0) is 95.7 Å². The van der Waals surface area contributed by atoms with Gasteiger partial charge < -0.3 is 15.4 Å². The summed E-state index contributed by atoms with van der Waals surface area (Å²) in [6.45, 7) is 14.7. The topological polar surface area (TPSA) is 64.2 Å². The molecule has 2 bridgehead atoms. The molecule has 3 N–H and O–H groups in total. The van der Waals surface area contributed by atoms with E-state index in [-0.39, 0.29) is 6.04 Å². The molecule has 5 unspecified atom stereocenters. The highest BCUT2D eigenvalue weighted by Crippen LogP contribution is 2.62. The first-order valence-electron chi connectivity index (χ1n) is 16.2. The molecule has 42 heavy (non-hydrogen) atoms. The van der Waals surface area contributed by atoms with Gasteiger partial charge >= 0.3 is 0 Å². The average Bonchev–Trinajstić information content (AvgIpc) is 3.01. The molecule has 7 heteroatoms. The van der Waals surface area contributed by atoms with Crippen LogP contribution in [0.1, 0.15) is 76.1 Å². The summed E-state index contributed by atoms with van der Waals surface area (Å²) >= 11 is 0. The Morgan fingerprint density at radius 2 is 1.86 bits per heavy atom. The fourth-order valence-electron chi connectivity index (χ4n) is 7.93. The van der Waals surface area contributed by atoms with Gasteiger partial charge in [0.2, 0.25) is 5.96 Å². The monoisotopic (exact) mass is 570 g/mol. The van der Waals surface area contributed by atoms with Crippen LogP contribution in [-0.2, 0) is 0 Å². The van der Waals surface area contributed by atoms with Crippen molar-refractivity contribution in [2.24, 2.45) is 28.2 Å². The third-order valence-corrected chi connectivity index (χ3v) is 10.8. The van der Waals surface area contributed by atoms with Crippen LogP contribution in [0.5, 0.6) is 5.75 Å². The molecule has 2 aliphatic heterocycles. The molecule has 7 rings (SSSR count). The van der Waals surface area contributed by atoms with E-state index in [1.165, 1.54) is 29.5 Å². The maximum Gasteiger partial charge on any atom is 0.210 e. The van der Waals surface area contributed by atoms with Crippen LogP contribution >= 0.6 is 0 Å². The summed E-state index contributed by atoms with van der Waals surface area (Å²) in [6, 6.07) is 15.9. The van der Waals surface area contributed by atoms with Crippen LogP contribution in [0.15, 0.2) is 53.7 Å². The van der Waals surface area contributed by atoms with Gasteiger partial charge in [-0.3, -0.25) is 15.3 Å². The lowest BCUT2D eigenvalue weighted by Crippen LogP contribution is -2.64. The van der Waals surface area contributed by atoms with Gasteiger partial charge in [-0.15, -0.1) is 0 Å². The van der Waals surface area contributed by atoms with Crippen molar-refractivity contribution in [3.8, 4) is 5.75 Å². The zero-order chi connectivity index (χ0) is 29.3. The van der Waals surface area contributed by atoms with Crippen LogP contribution in [-0.4, -0.2) is 61.7 Å². The van der Waals surface area contributed by atoms with E-state index in [2.05, 4.69) is 107 Å². The molecule has 3 aliphatic carbocycles. The smallest absolute Gasteiger partial charge is 0.210 e.